The van der Waals surface area contributed by atoms with Crippen LogP contribution in [-0.4, -0.2) is 48.4 Å². The van der Waals surface area contributed by atoms with Crippen molar-refractivity contribution in [3.05, 3.63) is 35.9 Å². The first-order valence-corrected chi connectivity index (χ1v) is 8.55. The Morgan fingerprint density at radius 2 is 1.88 bits per heavy atom. The lowest BCUT2D eigenvalue weighted by molar-refractivity contribution is -0.400. The average molecular weight is 336 g/mol. The molecule has 3 heterocycles. The number of benzene rings is 1. The van der Waals surface area contributed by atoms with Crippen LogP contribution in [0, 0.1) is 5.92 Å². The lowest BCUT2D eigenvalue weighted by Crippen LogP contribution is -2.62. The second kappa shape index (κ2) is 6.37. The summed E-state index contributed by atoms with van der Waals surface area (Å²) in [5, 5.41) is 9.65. The third kappa shape index (κ3) is 2.87. The molecule has 1 aromatic rings. The molecule has 0 spiro atoms. The maximum Gasteiger partial charge on any atom is 0.286 e. The first-order chi connectivity index (χ1) is 11.6. The van der Waals surface area contributed by atoms with E-state index < -0.39 is 24.5 Å². The van der Waals surface area contributed by atoms with Crippen molar-refractivity contribution >= 4 is 0 Å². The second-order valence-corrected chi connectivity index (χ2v) is 7.05. The number of hydrogen-bond acceptors (Lipinski definition) is 6. The highest BCUT2D eigenvalue weighted by atomic mass is 17.0. The average Bonchev–Trinajstić information content (AvgIpc) is 2.76. The van der Waals surface area contributed by atoms with Crippen LogP contribution in [0.3, 0.4) is 0 Å². The van der Waals surface area contributed by atoms with E-state index in [1.807, 2.05) is 30.3 Å². The van der Waals surface area contributed by atoms with Crippen molar-refractivity contribution in [3.63, 3.8) is 0 Å². The monoisotopic (exact) mass is 336 g/mol. The van der Waals surface area contributed by atoms with Crippen molar-refractivity contribution < 1.29 is 28.8 Å². The highest BCUT2D eigenvalue weighted by Crippen LogP contribution is 2.48. The van der Waals surface area contributed by atoms with Gasteiger partial charge in [0.15, 0.2) is 6.29 Å². The van der Waals surface area contributed by atoms with Gasteiger partial charge in [-0.2, -0.15) is 0 Å². The van der Waals surface area contributed by atoms with Crippen LogP contribution >= 0.6 is 0 Å². The van der Waals surface area contributed by atoms with Crippen molar-refractivity contribution in [2.75, 3.05) is 6.61 Å². The molecule has 0 aliphatic carbocycles. The minimum absolute atomic E-state index is 0.139. The Kier molecular flexibility index (Phi) is 4.36. The quantitative estimate of drug-likeness (QED) is 0.854. The maximum absolute atomic E-state index is 9.65. The summed E-state index contributed by atoms with van der Waals surface area (Å²) < 4.78 is 30.0. The van der Waals surface area contributed by atoms with E-state index in [1.165, 1.54) is 0 Å². The molecule has 24 heavy (non-hydrogen) atoms. The molecule has 3 aliphatic heterocycles. The summed E-state index contributed by atoms with van der Waals surface area (Å²) >= 11 is 0. The van der Waals surface area contributed by atoms with Crippen LogP contribution in [0.1, 0.15) is 25.8 Å². The van der Waals surface area contributed by atoms with E-state index in [9.17, 15) is 5.11 Å². The maximum atomic E-state index is 9.65. The van der Waals surface area contributed by atoms with Gasteiger partial charge in [-0.15, -0.1) is 0 Å². The van der Waals surface area contributed by atoms with Crippen molar-refractivity contribution in [1.29, 1.82) is 0 Å². The van der Waals surface area contributed by atoms with Crippen LogP contribution in [0.2, 0.25) is 0 Å². The highest BCUT2D eigenvalue weighted by molar-refractivity contribution is 5.13. The van der Waals surface area contributed by atoms with Crippen LogP contribution in [0.4, 0.5) is 0 Å². The number of aliphatic hydroxyl groups is 1. The topological polar surface area (TPSA) is 66.4 Å². The Labute approximate surface area is 141 Å². The van der Waals surface area contributed by atoms with Gasteiger partial charge in [0.05, 0.1) is 13.2 Å². The Hall–Kier alpha value is -1.02. The number of fused-ring (bicyclic) bond motifs is 2. The summed E-state index contributed by atoms with van der Waals surface area (Å²) in [6, 6.07) is 9.95. The van der Waals surface area contributed by atoms with Gasteiger partial charge in [0.2, 0.25) is 0 Å². The zero-order valence-corrected chi connectivity index (χ0v) is 14.0. The van der Waals surface area contributed by atoms with Gasteiger partial charge in [-0.1, -0.05) is 44.2 Å². The smallest absolute Gasteiger partial charge is 0.286 e. The van der Waals surface area contributed by atoms with Gasteiger partial charge < -0.3 is 24.1 Å². The van der Waals surface area contributed by atoms with E-state index in [2.05, 4.69) is 13.8 Å². The summed E-state index contributed by atoms with van der Waals surface area (Å²) in [7, 11) is 0. The van der Waals surface area contributed by atoms with E-state index in [-0.39, 0.29) is 18.8 Å². The molecule has 1 aromatic carbocycles. The fourth-order valence-electron chi connectivity index (χ4n) is 3.66. The van der Waals surface area contributed by atoms with Gasteiger partial charge in [-0.25, -0.2) is 0 Å². The summed E-state index contributed by atoms with van der Waals surface area (Å²) in [5.74, 6) is -0.734. The molecule has 3 aliphatic rings. The molecule has 4 rings (SSSR count). The van der Waals surface area contributed by atoms with Crippen molar-refractivity contribution in [1.82, 2.24) is 0 Å². The predicted molar refractivity (Wildman–Crippen MR) is 83.8 cm³/mol. The molecule has 0 amide bonds. The zero-order valence-electron chi connectivity index (χ0n) is 14.0. The predicted octanol–water partition coefficient (Wildman–Crippen LogP) is 1.80. The lowest BCUT2D eigenvalue weighted by Gasteiger charge is -2.45. The number of ether oxygens (including phenoxy) is 5. The van der Waals surface area contributed by atoms with E-state index >= 15 is 0 Å². The van der Waals surface area contributed by atoms with Crippen LogP contribution in [0.15, 0.2) is 30.3 Å². The van der Waals surface area contributed by atoms with Crippen LogP contribution in [-0.2, 0) is 30.3 Å². The summed E-state index contributed by atoms with van der Waals surface area (Å²) in [5.41, 5.74) is 1.08. The number of aliphatic hydroxyl groups excluding tert-OH is 1. The van der Waals surface area contributed by atoms with Crippen LogP contribution in [0.25, 0.3) is 0 Å². The molecule has 1 N–H and O–H groups in total. The molecular formula is C18H24O6. The molecule has 3 saturated heterocycles. The van der Waals surface area contributed by atoms with Crippen molar-refractivity contribution in [3.8, 4) is 0 Å². The molecule has 3 bridgehead atoms. The molecule has 132 valence electrons. The standard InChI is InChI=1S/C18H24O6/c1-11(2)8-18-22-14-13(9-19)21-17(24-18)16(23-18)15(14)20-10-12-6-4-3-5-7-12/h3-7,11,13-17,19H,8-10H2,1-2H3/t13-,14-,15+,16-,17-,18?/m1/s1. The van der Waals surface area contributed by atoms with E-state index in [0.29, 0.717) is 18.9 Å². The highest BCUT2D eigenvalue weighted by Gasteiger charge is 2.65. The minimum Gasteiger partial charge on any atom is -0.394 e. The first kappa shape index (κ1) is 16.4. The Balaban J connectivity index is 1.52. The van der Waals surface area contributed by atoms with Crippen molar-refractivity contribution in [2.24, 2.45) is 5.92 Å². The molecule has 3 fully saturated rings. The van der Waals surface area contributed by atoms with Gasteiger partial charge in [0, 0.05) is 6.42 Å². The lowest BCUT2D eigenvalue weighted by atomic mass is 9.97. The van der Waals surface area contributed by atoms with Gasteiger partial charge >= 0.3 is 0 Å². The minimum atomic E-state index is -1.08. The molecule has 0 radical (unpaired) electrons. The molecule has 0 aromatic heterocycles. The molecule has 0 saturated carbocycles. The molecule has 6 heteroatoms. The van der Waals surface area contributed by atoms with Gasteiger partial charge in [-0.05, 0) is 11.5 Å². The Morgan fingerprint density at radius 3 is 2.58 bits per heavy atom. The Morgan fingerprint density at radius 1 is 1.12 bits per heavy atom. The van der Waals surface area contributed by atoms with E-state index in [4.69, 9.17) is 23.7 Å². The molecule has 1 unspecified atom stereocenters. The van der Waals surface area contributed by atoms with Crippen molar-refractivity contribution in [2.45, 2.75) is 63.6 Å². The number of hydrogen-bond donors (Lipinski definition) is 1. The van der Waals surface area contributed by atoms with Crippen LogP contribution < -0.4 is 0 Å². The third-order valence-electron chi connectivity index (χ3n) is 4.64. The largest absolute Gasteiger partial charge is 0.394 e. The summed E-state index contributed by atoms with van der Waals surface area (Å²) in [4.78, 5) is 0. The second-order valence-electron chi connectivity index (χ2n) is 7.05. The van der Waals surface area contributed by atoms with E-state index in [0.717, 1.165) is 5.56 Å². The molecule has 6 atom stereocenters. The van der Waals surface area contributed by atoms with E-state index in [1.54, 1.807) is 0 Å². The Bertz CT molecular complexity index is 564. The first-order valence-electron chi connectivity index (χ1n) is 8.55. The SMILES string of the molecule is CC(C)CC12O[C@H]3O[C@H](CO)[C@@H](O1)[C@H](OCc1ccccc1)[C@H]3O2. The van der Waals surface area contributed by atoms with Gasteiger partial charge in [0.25, 0.3) is 5.97 Å². The summed E-state index contributed by atoms with van der Waals surface area (Å²) in [6.45, 7) is 4.48. The normalized spacial score (nSPS) is 40.4. The fourth-order valence-corrected chi connectivity index (χ4v) is 3.66. The van der Waals surface area contributed by atoms with Gasteiger partial charge in [0.1, 0.15) is 24.4 Å². The van der Waals surface area contributed by atoms with Crippen LogP contribution in [0.5, 0.6) is 0 Å². The number of rotatable bonds is 6. The summed E-state index contributed by atoms with van der Waals surface area (Å²) in [6.07, 6.45) is -1.50. The fraction of sp³-hybridized carbons (Fsp3) is 0.667. The zero-order chi connectivity index (χ0) is 16.7. The molecule has 6 nitrogen and oxygen atoms in total. The van der Waals surface area contributed by atoms with Gasteiger partial charge in [-0.3, -0.25) is 4.74 Å². The molecular weight excluding hydrogens is 312 g/mol. The third-order valence-corrected chi connectivity index (χ3v) is 4.64.